The topological polar surface area (TPSA) is 0 Å². The maximum atomic E-state index is 2.49. The summed E-state index contributed by atoms with van der Waals surface area (Å²) in [7, 11) is 0. The maximum absolute atomic E-state index is 2.49. The molecule has 0 radical (unpaired) electrons. The lowest BCUT2D eigenvalue weighted by Gasteiger charge is -2.24. The number of rotatable bonds is 8. The van der Waals surface area contributed by atoms with Crippen molar-refractivity contribution in [2.24, 2.45) is 17.8 Å². The zero-order valence-electron chi connectivity index (χ0n) is 12.3. The summed E-state index contributed by atoms with van der Waals surface area (Å²) in [5.74, 6) is 2.40. The van der Waals surface area contributed by atoms with Crippen LogP contribution in [0.1, 0.15) is 73.6 Å². The second-order valence-electron chi connectivity index (χ2n) is 5.40. The molecular weight excluding hydrogens is 192 g/mol. The Morgan fingerprint density at radius 2 is 1.69 bits per heavy atom. The summed E-state index contributed by atoms with van der Waals surface area (Å²) in [6.45, 7) is 14.0. The predicted octanol–water partition coefficient (Wildman–Crippen LogP) is 5.83. The van der Waals surface area contributed by atoms with Crippen LogP contribution in [0.4, 0.5) is 0 Å². The van der Waals surface area contributed by atoms with E-state index in [0.717, 1.165) is 17.8 Å². The third-order valence-corrected chi connectivity index (χ3v) is 4.07. The molecule has 0 aliphatic rings. The lowest BCUT2D eigenvalue weighted by molar-refractivity contribution is 0.353. The van der Waals surface area contributed by atoms with Gasteiger partial charge in [0.25, 0.3) is 0 Å². The molecule has 0 heterocycles. The highest BCUT2D eigenvalue weighted by Gasteiger charge is 2.16. The highest BCUT2D eigenvalue weighted by molar-refractivity contribution is 5.05. The van der Waals surface area contributed by atoms with Crippen LogP contribution in [0.5, 0.6) is 0 Å². The standard InChI is InChI=1S/C16H32/c1-7-10-11-16(9-3)15(6)14(5)12-13(4)8-2/h12-13,15-16H,7-11H2,1-6H3. The van der Waals surface area contributed by atoms with Gasteiger partial charge in [0, 0.05) is 0 Å². The Morgan fingerprint density at radius 1 is 1.06 bits per heavy atom. The predicted molar refractivity (Wildman–Crippen MR) is 75.7 cm³/mol. The van der Waals surface area contributed by atoms with Crippen LogP contribution >= 0.6 is 0 Å². The van der Waals surface area contributed by atoms with Crippen LogP contribution in [0.25, 0.3) is 0 Å². The summed E-state index contributed by atoms with van der Waals surface area (Å²) < 4.78 is 0. The number of hydrogen-bond donors (Lipinski definition) is 0. The van der Waals surface area contributed by atoms with E-state index in [1.165, 1.54) is 32.1 Å². The second-order valence-corrected chi connectivity index (χ2v) is 5.40. The second kappa shape index (κ2) is 8.84. The fourth-order valence-corrected chi connectivity index (χ4v) is 2.36. The Kier molecular flexibility index (Phi) is 8.70. The van der Waals surface area contributed by atoms with E-state index in [9.17, 15) is 0 Å². The van der Waals surface area contributed by atoms with E-state index in [0.29, 0.717) is 0 Å². The molecular formula is C16H32. The fraction of sp³-hybridized carbons (Fsp3) is 0.875. The normalized spacial score (nSPS) is 18.2. The van der Waals surface area contributed by atoms with Gasteiger partial charge >= 0.3 is 0 Å². The first-order valence-corrected chi connectivity index (χ1v) is 7.24. The van der Waals surface area contributed by atoms with E-state index in [2.05, 4.69) is 47.6 Å². The molecule has 0 fully saturated rings. The van der Waals surface area contributed by atoms with E-state index in [-0.39, 0.29) is 0 Å². The fourth-order valence-electron chi connectivity index (χ4n) is 2.36. The molecule has 0 amide bonds. The zero-order chi connectivity index (χ0) is 12.6. The quantitative estimate of drug-likeness (QED) is 0.455. The molecule has 3 atom stereocenters. The average molecular weight is 224 g/mol. The Bertz CT molecular complexity index is 190. The number of hydrogen-bond acceptors (Lipinski definition) is 0. The van der Waals surface area contributed by atoms with Crippen LogP contribution in [0.2, 0.25) is 0 Å². The minimum absolute atomic E-state index is 0.742. The Labute approximate surface area is 104 Å². The van der Waals surface area contributed by atoms with Crippen molar-refractivity contribution in [3.05, 3.63) is 11.6 Å². The summed E-state index contributed by atoms with van der Waals surface area (Å²) in [6, 6.07) is 0. The molecule has 0 aromatic heterocycles. The van der Waals surface area contributed by atoms with Gasteiger partial charge in [0.2, 0.25) is 0 Å². The summed E-state index contributed by atoms with van der Waals surface area (Å²) >= 11 is 0. The van der Waals surface area contributed by atoms with E-state index >= 15 is 0 Å². The van der Waals surface area contributed by atoms with Gasteiger partial charge in [-0.2, -0.15) is 0 Å². The first-order chi connectivity index (χ1) is 7.56. The first-order valence-electron chi connectivity index (χ1n) is 7.24. The summed E-state index contributed by atoms with van der Waals surface area (Å²) in [4.78, 5) is 0. The summed E-state index contributed by atoms with van der Waals surface area (Å²) in [6.07, 6.45) is 9.19. The number of unbranched alkanes of at least 4 members (excludes halogenated alkanes) is 1. The van der Waals surface area contributed by atoms with Crippen LogP contribution in [-0.2, 0) is 0 Å². The van der Waals surface area contributed by atoms with Crippen molar-refractivity contribution in [1.82, 2.24) is 0 Å². The lowest BCUT2D eigenvalue weighted by atomic mass is 9.82. The summed E-state index contributed by atoms with van der Waals surface area (Å²) in [5.41, 5.74) is 1.61. The Morgan fingerprint density at radius 3 is 2.12 bits per heavy atom. The van der Waals surface area contributed by atoms with Gasteiger partial charge in [-0.05, 0) is 31.1 Å². The SMILES string of the molecule is CCCCC(CC)C(C)C(C)=CC(C)CC. The first kappa shape index (κ1) is 15.7. The average Bonchev–Trinajstić information content (AvgIpc) is 2.29. The molecule has 96 valence electrons. The monoisotopic (exact) mass is 224 g/mol. The molecule has 0 aromatic rings. The van der Waals surface area contributed by atoms with Crippen molar-refractivity contribution < 1.29 is 0 Å². The van der Waals surface area contributed by atoms with E-state index in [1.807, 2.05) is 0 Å². The molecule has 0 aliphatic carbocycles. The molecule has 0 heteroatoms. The lowest BCUT2D eigenvalue weighted by Crippen LogP contribution is -2.12. The van der Waals surface area contributed by atoms with Gasteiger partial charge in [-0.25, -0.2) is 0 Å². The Balaban J connectivity index is 4.36. The molecule has 0 aliphatic heterocycles. The molecule has 0 nitrogen and oxygen atoms in total. The molecule has 0 spiro atoms. The molecule has 0 saturated heterocycles. The molecule has 16 heavy (non-hydrogen) atoms. The maximum Gasteiger partial charge on any atom is -0.0206 e. The van der Waals surface area contributed by atoms with E-state index in [4.69, 9.17) is 0 Å². The molecule has 0 bridgehead atoms. The van der Waals surface area contributed by atoms with Gasteiger partial charge in [-0.1, -0.05) is 72.0 Å². The van der Waals surface area contributed by atoms with Crippen molar-refractivity contribution >= 4 is 0 Å². The molecule has 3 unspecified atom stereocenters. The van der Waals surface area contributed by atoms with E-state index < -0.39 is 0 Å². The Hall–Kier alpha value is -0.260. The summed E-state index contributed by atoms with van der Waals surface area (Å²) in [5, 5.41) is 0. The van der Waals surface area contributed by atoms with E-state index in [1.54, 1.807) is 5.57 Å². The zero-order valence-corrected chi connectivity index (χ0v) is 12.3. The largest absolute Gasteiger partial charge is 0.0825 e. The van der Waals surface area contributed by atoms with Crippen LogP contribution in [0, 0.1) is 17.8 Å². The van der Waals surface area contributed by atoms with Crippen molar-refractivity contribution in [3.63, 3.8) is 0 Å². The van der Waals surface area contributed by atoms with Gasteiger partial charge in [0.1, 0.15) is 0 Å². The van der Waals surface area contributed by atoms with Gasteiger partial charge < -0.3 is 0 Å². The molecule has 0 saturated carbocycles. The van der Waals surface area contributed by atoms with Crippen molar-refractivity contribution in [1.29, 1.82) is 0 Å². The smallest absolute Gasteiger partial charge is 0.0206 e. The highest BCUT2D eigenvalue weighted by Crippen LogP contribution is 2.28. The molecule has 0 aromatic carbocycles. The van der Waals surface area contributed by atoms with Crippen LogP contribution in [0.15, 0.2) is 11.6 Å². The van der Waals surface area contributed by atoms with Crippen molar-refractivity contribution in [2.45, 2.75) is 73.6 Å². The van der Waals surface area contributed by atoms with Gasteiger partial charge in [0.05, 0.1) is 0 Å². The minimum Gasteiger partial charge on any atom is -0.0825 e. The van der Waals surface area contributed by atoms with Gasteiger partial charge in [-0.3, -0.25) is 0 Å². The third-order valence-electron chi connectivity index (χ3n) is 4.07. The van der Waals surface area contributed by atoms with Crippen LogP contribution in [0.3, 0.4) is 0 Å². The van der Waals surface area contributed by atoms with Crippen LogP contribution < -0.4 is 0 Å². The third kappa shape index (κ3) is 5.72. The number of allylic oxidation sites excluding steroid dienone is 2. The highest BCUT2D eigenvalue weighted by atomic mass is 14.2. The van der Waals surface area contributed by atoms with Gasteiger partial charge in [-0.15, -0.1) is 0 Å². The minimum atomic E-state index is 0.742. The van der Waals surface area contributed by atoms with Crippen molar-refractivity contribution in [2.75, 3.05) is 0 Å². The van der Waals surface area contributed by atoms with Crippen LogP contribution in [-0.4, -0.2) is 0 Å². The van der Waals surface area contributed by atoms with Gasteiger partial charge in [0.15, 0.2) is 0 Å². The molecule has 0 rings (SSSR count). The molecule has 0 N–H and O–H groups in total. The van der Waals surface area contributed by atoms with Crippen molar-refractivity contribution in [3.8, 4) is 0 Å².